The molecule has 8 heteroatoms. The van der Waals surface area contributed by atoms with Gasteiger partial charge in [0.25, 0.3) is 0 Å². The van der Waals surface area contributed by atoms with Crippen molar-refractivity contribution in [3.8, 4) is 0 Å². The molecule has 1 atom stereocenters. The van der Waals surface area contributed by atoms with Crippen molar-refractivity contribution in [1.82, 2.24) is 20.4 Å². The van der Waals surface area contributed by atoms with Crippen LogP contribution < -0.4 is 10.6 Å². The highest BCUT2D eigenvalue weighted by molar-refractivity contribution is 14.0. The molecule has 1 aromatic carbocycles. The number of hydrogen-bond acceptors (Lipinski definition) is 5. The summed E-state index contributed by atoms with van der Waals surface area (Å²) in [5.41, 5.74) is 2.12. The fourth-order valence-corrected chi connectivity index (χ4v) is 4.14. The third kappa shape index (κ3) is 9.21. The molecule has 0 aromatic heterocycles. The molecule has 0 saturated carbocycles. The van der Waals surface area contributed by atoms with E-state index in [0.29, 0.717) is 13.1 Å². The maximum atomic E-state index is 10.8. The average Bonchev–Trinajstić information content (AvgIpc) is 2.75. The second-order valence-corrected chi connectivity index (χ2v) is 8.66. The molecule has 2 aliphatic rings. The second kappa shape index (κ2) is 13.6. The van der Waals surface area contributed by atoms with Crippen LogP contribution >= 0.6 is 24.0 Å². The Hall–Kier alpha value is -0.940. The smallest absolute Gasteiger partial charge is 0.191 e. The molecule has 0 amide bonds. The van der Waals surface area contributed by atoms with Crippen molar-refractivity contribution in [3.63, 3.8) is 0 Å². The van der Waals surface area contributed by atoms with Crippen molar-refractivity contribution in [2.75, 3.05) is 65.6 Å². The van der Waals surface area contributed by atoms with Crippen LogP contribution in [-0.2, 0) is 17.7 Å². The summed E-state index contributed by atoms with van der Waals surface area (Å²) >= 11 is 0. The van der Waals surface area contributed by atoms with E-state index in [1.54, 1.807) is 0 Å². The lowest BCUT2D eigenvalue weighted by Crippen LogP contribution is -2.48. The minimum absolute atomic E-state index is 0. The number of rotatable bonds is 9. The zero-order chi connectivity index (χ0) is 21.2. The van der Waals surface area contributed by atoms with E-state index in [9.17, 15) is 5.11 Å². The van der Waals surface area contributed by atoms with E-state index >= 15 is 0 Å². The van der Waals surface area contributed by atoms with E-state index < -0.39 is 5.60 Å². The molecule has 3 rings (SSSR count). The number of nitrogens with zero attached hydrogens (tertiary/aromatic N) is 3. The summed E-state index contributed by atoms with van der Waals surface area (Å²) in [5, 5.41) is 17.5. The SMILES string of the molecule is CCNC(=NCC(C)(O)CN1CCOCC1)NCCCN1CCc2ccccc2C1.I. The normalized spacial score (nSPS) is 19.8. The molecule has 176 valence electrons. The Labute approximate surface area is 204 Å². The van der Waals surface area contributed by atoms with E-state index in [-0.39, 0.29) is 24.0 Å². The van der Waals surface area contributed by atoms with Crippen molar-refractivity contribution in [2.45, 2.75) is 38.8 Å². The van der Waals surface area contributed by atoms with Gasteiger partial charge in [0, 0.05) is 52.4 Å². The number of aliphatic imine (C=N–C) groups is 1. The van der Waals surface area contributed by atoms with E-state index in [1.807, 2.05) is 6.92 Å². The monoisotopic (exact) mass is 545 g/mol. The van der Waals surface area contributed by atoms with Gasteiger partial charge in [0.05, 0.1) is 25.4 Å². The first-order valence-electron chi connectivity index (χ1n) is 11.4. The summed E-state index contributed by atoms with van der Waals surface area (Å²) in [4.78, 5) is 9.41. The van der Waals surface area contributed by atoms with Crippen LogP contribution in [0.15, 0.2) is 29.3 Å². The lowest BCUT2D eigenvalue weighted by atomic mass is 10.00. The van der Waals surface area contributed by atoms with Crippen LogP contribution in [0.4, 0.5) is 0 Å². The van der Waals surface area contributed by atoms with Crippen LogP contribution in [-0.4, -0.2) is 92.0 Å². The largest absolute Gasteiger partial charge is 0.387 e. The zero-order valence-electron chi connectivity index (χ0n) is 19.1. The van der Waals surface area contributed by atoms with E-state index in [1.165, 1.54) is 11.1 Å². The van der Waals surface area contributed by atoms with Gasteiger partial charge < -0.3 is 20.5 Å². The predicted octanol–water partition coefficient (Wildman–Crippen LogP) is 1.69. The van der Waals surface area contributed by atoms with Crippen LogP contribution in [0.3, 0.4) is 0 Å². The summed E-state index contributed by atoms with van der Waals surface area (Å²) in [7, 11) is 0. The van der Waals surface area contributed by atoms with Crippen LogP contribution in [0, 0.1) is 0 Å². The molecule has 1 aromatic rings. The first-order valence-corrected chi connectivity index (χ1v) is 11.4. The molecule has 0 spiro atoms. The molecule has 2 heterocycles. The fraction of sp³-hybridized carbons (Fsp3) is 0.696. The maximum Gasteiger partial charge on any atom is 0.191 e. The molecule has 31 heavy (non-hydrogen) atoms. The van der Waals surface area contributed by atoms with Gasteiger partial charge in [-0.1, -0.05) is 24.3 Å². The molecule has 7 nitrogen and oxygen atoms in total. The quantitative estimate of drug-likeness (QED) is 0.190. The molecule has 0 radical (unpaired) electrons. The lowest BCUT2D eigenvalue weighted by molar-refractivity contribution is -0.0179. The number of halogens is 1. The Morgan fingerprint density at radius 2 is 1.87 bits per heavy atom. The molecule has 1 saturated heterocycles. The highest BCUT2D eigenvalue weighted by Gasteiger charge is 2.25. The molecule has 1 unspecified atom stereocenters. The van der Waals surface area contributed by atoms with Gasteiger partial charge in [-0.15, -0.1) is 24.0 Å². The minimum Gasteiger partial charge on any atom is -0.387 e. The second-order valence-electron chi connectivity index (χ2n) is 8.66. The van der Waals surface area contributed by atoms with Crippen LogP contribution in [0.25, 0.3) is 0 Å². The van der Waals surface area contributed by atoms with Crippen molar-refractivity contribution in [2.24, 2.45) is 4.99 Å². The number of benzene rings is 1. The van der Waals surface area contributed by atoms with Crippen molar-refractivity contribution < 1.29 is 9.84 Å². The number of nitrogens with one attached hydrogen (secondary N) is 2. The molecule has 2 aliphatic heterocycles. The van der Waals surface area contributed by atoms with Gasteiger partial charge in [-0.25, -0.2) is 0 Å². The predicted molar refractivity (Wildman–Crippen MR) is 137 cm³/mol. The van der Waals surface area contributed by atoms with Crippen LogP contribution in [0.2, 0.25) is 0 Å². The molecule has 0 bridgehead atoms. The Bertz CT molecular complexity index is 680. The van der Waals surface area contributed by atoms with Gasteiger partial charge in [-0.2, -0.15) is 0 Å². The average molecular weight is 546 g/mol. The third-order valence-corrected chi connectivity index (χ3v) is 5.74. The summed E-state index contributed by atoms with van der Waals surface area (Å²) in [6.07, 6.45) is 2.21. The van der Waals surface area contributed by atoms with E-state index in [0.717, 1.165) is 77.8 Å². The van der Waals surface area contributed by atoms with Gasteiger partial charge in [0.1, 0.15) is 0 Å². The molecule has 0 aliphatic carbocycles. The fourth-order valence-electron chi connectivity index (χ4n) is 4.14. The van der Waals surface area contributed by atoms with Crippen molar-refractivity contribution in [3.05, 3.63) is 35.4 Å². The van der Waals surface area contributed by atoms with Crippen molar-refractivity contribution >= 4 is 29.9 Å². The number of morpholine rings is 1. The lowest BCUT2D eigenvalue weighted by Gasteiger charge is -2.33. The number of aliphatic hydroxyl groups is 1. The first-order chi connectivity index (χ1) is 14.6. The van der Waals surface area contributed by atoms with E-state index in [4.69, 9.17) is 4.74 Å². The highest BCUT2D eigenvalue weighted by Crippen LogP contribution is 2.18. The number of guanidine groups is 1. The molecular formula is C23H40IN5O2. The third-order valence-electron chi connectivity index (χ3n) is 5.74. The number of ether oxygens (including phenoxy) is 1. The topological polar surface area (TPSA) is 72.4 Å². The van der Waals surface area contributed by atoms with Crippen molar-refractivity contribution in [1.29, 1.82) is 0 Å². The van der Waals surface area contributed by atoms with Gasteiger partial charge in [0.2, 0.25) is 0 Å². The number of β-amino-alcohol motifs (C(OH)–C–C–N with tert-alkyl or cyclic N) is 1. The van der Waals surface area contributed by atoms with Crippen LogP contribution in [0.1, 0.15) is 31.4 Å². The first kappa shape index (κ1) is 26.3. The Morgan fingerprint density at radius 3 is 2.61 bits per heavy atom. The van der Waals surface area contributed by atoms with Crippen LogP contribution in [0.5, 0.6) is 0 Å². The van der Waals surface area contributed by atoms with Gasteiger partial charge in [0.15, 0.2) is 5.96 Å². The highest BCUT2D eigenvalue weighted by atomic mass is 127. The summed E-state index contributed by atoms with van der Waals surface area (Å²) < 4.78 is 5.39. The number of hydrogen-bond donors (Lipinski definition) is 3. The summed E-state index contributed by atoms with van der Waals surface area (Å²) in [5.74, 6) is 0.781. The number of fused-ring (bicyclic) bond motifs is 1. The van der Waals surface area contributed by atoms with Gasteiger partial charge in [-0.3, -0.25) is 14.8 Å². The minimum atomic E-state index is -0.846. The molecule has 1 fully saturated rings. The van der Waals surface area contributed by atoms with Gasteiger partial charge >= 0.3 is 0 Å². The molecule has 3 N–H and O–H groups in total. The Morgan fingerprint density at radius 1 is 1.13 bits per heavy atom. The standard InChI is InChI=1S/C23H39N5O2.HI/c1-3-24-22(26-18-23(2,29)19-28-13-15-30-16-14-28)25-10-6-11-27-12-9-20-7-4-5-8-21(20)17-27;/h4-5,7-8,29H,3,6,9-19H2,1-2H3,(H2,24,25,26);1H. The Kier molecular flexibility index (Phi) is 11.5. The Balaban J connectivity index is 0.00000341. The maximum absolute atomic E-state index is 10.8. The van der Waals surface area contributed by atoms with Gasteiger partial charge in [-0.05, 0) is 37.8 Å². The summed E-state index contributed by atoms with van der Waals surface area (Å²) in [6, 6.07) is 8.77. The molecular weight excluding hydrogens is 505 g/mol. The van der Waals surface area contributed by atoms with E-state index in [2.05, 4.69) is 56.6 Å². The summed E-state index contributed by atoms with van der Waals surface area (Å²) in [6.45, 7) is 13.1. The zero-order valence-corrected chi connectivity index (χ0v) is 21.4.